The molecule has 8 amide bonds. The van der Waals surface area contributed by atoms with Crippen molar-refractivity contribution in [1.29, 1.82) is 0 Å². The topological polar surface area (TPSA) is 299 Å². The summed E-state index contributed by atoms with van der Waals surface area (Å²) in [6.45, 7) is 11.4. The largest absolute Gasteiger partial charge is 0.480 e. The zero-order valence-corrected chi connectivity index (χ0v) is 31.3. The number of hydrogen-bond acceptors (Lipinski definition) is 11. The quantitative estimate of drug-likeness (QED) is 0.0417. The van der Waals surface area contributed by atoms with Crippen molar-refractivity contribution in [2.45, 2.75) is 83.8 Å². The van der Waals surface area contributed by atoms with E-state index < -0.39 is 72.6 Å². The van der Waals surface area contributed by atoms with E-state index in [0.717, 1.165) is 12.8 Å². The van der Waals surface area contributed by atoms with Crippen molar-refractivity contribution < 1.29 is 48.3 Å². The fourth-order valence-electron chi connectivity index (χ4n) is 5.05. The third kappa shape index (κ3) is 18.7. The first-order valence-corrected chi connectivity index (χ1v) is 17.8. The van der Waals surface area contributed by atoms with Crippen LogP contribution in [0.15, 0.2) is 24.6 Å². The highest BCUT2D eigenvalue weighted by Crippen LogP contribution is 2.17. The van der Waals surface area contributed by atoms with Crippen LogP contribution in [0.5, 0.6) is 0 Å². The molecular weight excluding hydrogens is 708 g/mol. The Labute approximate surface area is 314 Å². The van der Waals surface area contributed by atoms with Crippen molar-refractivity contribution in [3.05, 3.63) is 24.6 Å². The number of nitrogens with two attached hydrogens (primary N) is 1. The Hall–Kier alpha value is -5.69. The SMILES string of the molecule is C=C(CNC(=O)CNC(=O)C(CCC(N)=O)NC(=O)CNC(=O)C(C)CCCC)NCC(=O)NC(C)C(=C)NCC(=O)N1CCCC1C(=O)NCC(=O)O. The van der Waals surface area contributed by atoms with Crippen LogP contribution in [0.25, 0.3) is 0 Å². The summed E-state index contributed by atoms with van der Waals surface area (Å²) in [6.07, 6.45) is 3.11. The van der Waals surface area contributed by atoms with Crippen LogP contribution in [0.3, 0.4) is 0 Å². The molecule has 302 valence electrons. The summed E-state index contributed by atoms with van der Waals surface area (Å²) in [7, 11) is 0. The molecule has 0 bridgehead atoms. The molecule has 1 aliphatic heterocycles. The van der Waals surface area contributed by atoms with Crippen LogP contribution in [0.1, 0.15) is 65.7 Å². The molecule has 0 aliphatic carbocycles. The summed E-state index contributed by atoms with van der Waals surface area (Å²) in [5, 5.41) is 29.2. The maximum absolute atomic E-state index is 12.7. The first-order chi connectivity index (χ1) is 25.4. The maximum Gasteiger partial charge on any atom is 0.322 e. The molecule has 0 saturated carbocycles. The third-order valence-corrected chi connectivity index (χ3v) is 8.27. The van der Waals surface area contributed by atoms with Gasteiger partial charge in [0, 0.05) is 30.3 Å². The number of carbonyl (C=O) groups is 9. The van der Waals surface area contributed by atoms with Crippen molar-refractivity contribution in [2.75, 3.05) is 45.8 Å². The first kappa shape index (κ1) is 46.3. The monoisotopic (exact) mass is 764 g/mol. The normalized spacial score (nSPS) is 14.9. The van der Waals surface area contributed by atoms with E-state index in [1.807, 2.05) is 6.92 Å². The molecule has 0 aromatic rings. The number of primary amides is 1. The third-order valence-electron chi connectivity index (χ3n) is 8.27. The van der Waals surface area contributed by atoms with Crippen LogP contribution < -0.4 is 48.3 Å². The number of aliphatic carboxylic acids is 1. The predicted molar refractivity (Wildman–Crippen MR) is 195 cm³/mol. The van der Waals surface area contributed by atoms with Crippen molar-refractivity contribution in [3.63, 3.8) is 0 Å². The van der Waals surface area contributed by atoms with E-state index in [-0.39, 0.29) is 62.4 Å². The number of likely N-dealkylation sites (tertiary alicyclic amines) is 1. The van der Waals surface area contributed by atoms with Gasteiger partial charge in [-0.2, -0.15) is 0 Å². The van der Waals surface area contributed by atoms with E-state index in [2.05, 4.69) is 55.7 Å². The Morgan fingerprint density at radius 1 is 0.759 bits per heavy atom. The minimum absolute atomic E-state index is 0.0993. The van der Waals surface area contributed by atoms with E-state index in [9.17, 15) is 43.2 Å². The summed E-state index contributed by atoms with van der Waals surface area (Å²) in [5.41, 5.74) is 5.79. The molecule has 1 rings (SSSR count). The fraction of sp³-hybridized carbons (Fsp3) is 0.618. The van der Waals surface area contributed by atoms with E-state index in [4.69, 9.17) is 10.8 Å². The molecule has 1 aliphatic rings. The van der Waals surface area contributed by atoms with Gasteiger partial charge in [0.2, 0.25) is 47.3 Å². The lowest BCUT2D eigenvalue weighted by Crippen LogP contribution is -2.51. The van der Waals surface area contributed by atoms with Gasteiger partial charge >= 0.3 is 5.97 Å². The average molecular weight is 765 g/mol. The summed E-state index contributed by atoms with van der Waals surface area (Å²) >= 11 is 0. The minimum atomic E-state index is -1.20. The Morgan fingerprint density at radius 3 is 2.04 bits per heavy atom. The zero-order valence-electron chi connectivity index (χ0n) is 31.3. The molecule has 54 heavy (non-hydrogen) atoms. The Balaban J connectivity index is 2.43. The van der Waals surface area contributed by atoms with Crippen LogP contribution in [-0.4, -0.2) is 127 Å². The molecule has 20 nitrogen and oxygen atoms in total. The van der Waals surface area contributed by atoms with Crippen LogP contribution in [0.2, 0.25) is 0 Å². The van der Waals surface area contributed by atoms with Gasteiger partial charge in [-0.3, -0.25) is 43.2 Å². The molecule has 1 fully saturated rings. The van der Waals surface area contributed by atoms with Crippen LogP contribution in [0, 0.1) is 5.92 Å². The Kier molecular flexibility index (Phi) is 21.0. The summed E-state index contributed by atoms with van der Waals surface area (Å²) in [4.78, 5) is 111. The van der Waals surface area contributed by atoms with Gasteiger partial charge in [-0.25, -0.2) is 0 Å². The number of carboxylic acids is 1. The molecule has 0 spiro atoms. The molecule has 11 N–H and O–H groups in total. The highest BCUT2D eigenvalue weighted by molar-refractivity contribution is 5.93. The smallest absolute Gasteiger partial charge is 0.322 e. The number of carboxylic acid groups (broad SMARTS) is 1. The molecule has 0 aromatic carbocycles. The van der Waals surface area contributed by atoms with Crippen molar-refractivity contribution in [1.82, 2.24) is 47.4 Å². The van der Waals surface area contributed by atoms with Gasteiger partial charge in [-0.1, -0.05) is 39.8 Å². The van der Waals surface area contributed by atoms with Gasteiger partial charge in [0.25, 0.3) is 0 Å². The van der Waals surface area contributed by atoms with E-state index >= 15 is 0 Å². The summed E-state index contributed by atoms with van der Waals surface area (Å²) < 4.78 is 0. The van der Waals surface area contributed by atoms with Crippen molar-refractivity contribution in [3.8, 4) is 0 Å². The molecule has 1 saturated heterocycles. The number of nitrogens with one attached hydrogen (secondary N) is 8. The standard InChI is InChI=1S/C34H56N10O10/c1-6-7-9-20(2)32(52)39-17-29(48)43-24(11-12-26(35)45)33(53)40-15-27(46)38-14-21(3)36-16-28(47)42-23(5)22(4)37-18-30(49)44-13-8-10-25(44)34(54)41-19-31(50)51/h20,23-25,36-37H,3-4,6-19H2,1-2,5H3,(H2,35,45)(H,38,46)(H,39,52)(H,40,53)(H,41,54)(H,42,47)(H,43,48)(H,50,51). The van der Waals surface area contributed by atoms with Crippen LogP contribution >= 0.6 is 0 Å². The average Bonchev–Trinajstić information content (AvgIpc) is 3.63. The molecular formula is C34H56N10O10. The summed E-state index contributed by atoms with van der Waals surface area (Å²) in [6, 6.07) is -2.57. The fourth-order valence-corrected chi connectivity index (χ4v) is 5.05. The lowest BCUT2D eigenvalue weighted by molar-refractivity contribution is -0.140. The minimum Gasteiger partial charge on any atom is -0.480 e. The molecule has 0 radical (unpaired) electrons. The highest BCUT2D eigenvalue weighted by atomic mass is 16.4. The van der Waals surface area contributed by atoms with Crippen molar-refractivity contribution in [2.24, 2.45) is 11.7 Å². The number of rotatable bonds is 26. The van der Waals surface area contributed by atoms with Gasteiger partial charge in [0.1, 0.15) is 18.6 Å². The molecule has 4 unspecified atom stereocenters. The molecule has 1 heterocycles. The van der Waals surface area contributed by atoms with Gasteiger partial charge < -0.3 is 58.3 Å². The molecule has 4 atom stereocenters. The van der Waals surface area contributed by atoms with E-state index in [1.165, 1.54) is 4.90 Å². The second-order valence-electron chi connectivity index (χ2n) is 12.9. The first-order valence-electron chi connectivity index (χ1n) is 17.8. The zero-order chi connectivity index (χ0) is 40.8. The number of nitrogens with zero attached hydrogens (tertiary/aromatic N) is 1. The number of hydrogen-bond donors (Lipinski definition) is 10. The summed E-state index contributed by atoms with van der Waals surface area (Å²) in [5.74, 6) is -5.89. The van der Waals surface area contributed by atoms with Gasteiger partial charge in [0.05, 0.1) is 38.8 Å². The number of amides is 8. The number of unbranched alkanes of at least 4 members (excludes halogenated alkanes) is 1. The highest BCUT2D eigenvalue weighted by Gasteiger charge is 2.34. The number of carbonyl (C=O) groups excluding carboxylic acids is 8. The van der Waals surface area contributed by atoms with Gasteiger partial charge in [-0.15, -0.1) is 0 Å². The molecule has 0 aromatic heterocycles. The van der Waals surface area contributed by atoms with E-state index in [1.54, 1.807) is 13.8 Å². The van der Waals surface area contributed by atoms with Crippen molar-refractivity contribution >= 4 is 53.2 Å². The van der Waals surface area contributed by atoms with Gasteiger partial charge in [-0.05, 0) is 32.6 Å². The van der Waals surface area contributed by atoms with Crippen LogP contribution in [0.4, 0.5) is 0 Å². The Morgan fingerprint density at radius 2 is 1.39 bits per heavy atom. The van der Waals surface area contributed by atoms with Gasteiger partial charge in [0.15, 0.2) is 0 Å². The maximum atomic E-state index is 12.7. The lowest BCUT2D eigenvalue weighted by Gasteiger charge is -2.25. The lowest BCUT2D eigenvalue weighted by atomic mass is 10.0. The Bertz CT molecular complexity index is 1400. The second kappa shape index (κ2) is 24.5. The molecule has 20 heteroatoms. The predicted octanol–water partition coefficient (Wildman–Crippen LogP) is -3.19. The van der Waals surface area contributed by atoms with E-state index in [0.29, 0.717) is 31.5 Å². The second-order valence-corrected chi connectivity index (χ2v) is 12.9. The van der Waals surface area contributed by atoms with Crippen LogP contribution in [-0.2, 0) is 43.2 Å².